The summed E-state index contributed by atoms with van der Waals surface area (Å²) in [5.41, 5.74) is 0.535. The Morgan fingerprint density at radius 1 is 1.14 bits per heavy atom. The lowest BCUT2D eigenvalue weighted by atomic mass is 10.2. The van der Waals surface area contributed by atoms with Gasteiger partial charge < -0.3 is 15.0 Å². The Labute approximate surface area is 164 Å². The molecule has 7 nitrogen and oxygen atoms in total. The maximum Gasteiger partial charge on any atom is 0.261 e. The van der Waals surface area contributed by atoms with Gasteiger partial charge in [-0.25, -0.2) is 13.8 Å². The molecule has 150 valence electrons. The van der Waals surface area contributed by atoms with Crippen LogP contribution < -0.4 is 15.8 Å². The first-order valence-corrected chi connectivity index (χ1v) is 9.08. The van der Waals surface area contributed by atoms with Gasteiger partial charge in [0.2, 0.25) is 5.91 Å². The third-order valence-electron chi connectivity index (χ3n) is 4.68. The van der Waals surface area contributed by atoms with Crippen LogP contribution in [0.5, 0.6) is 0 Å². The summed E-state index contributed by atoms with van der Waals surface area (Å²) < 4.78 is 34.2. The van der Waals surface area contributed by atoms with E-state index in [0.717, 1.165) is 10.6 Å². The first-order valence-electron chi connectivity index (χ1n) is 9.08. The molecule has 4 rings (SSSR count). The van der Waals surface area contributed by atoms with Crippen LogP contribution in [0.1, 0.15) is 0 Å². The van der Waals surface area contributed by atoms with Gasteiger partial charge in [0.1, 0.15) is 18.2 Å². The number of carbonyl (C=O) groups excluding carboxylic acids is 1. The molecule has 2 aromatic carbocycles. The van der Waals surface area contributed by atoms with Crippen molar-refractivity contribution in [1.82, 2.24) is 9.55 Å². The summed E-state index contributed by atoms with van der Waals surface area (Å²) in [7, 11) is 0. The molecule has 1 aliphatic rings. The van der Waals surface area contributed by atoms with Crippen molar-refractivity contribution in [2.75, 3.05) is 36.5 Å². The number of amides is 1. The molecular weight excluding hydrogens is 382 g/mol. The predicted octanol–water partition coefficient (Wildman–Crippen LogP) is 2.15. The van der Waals surface area contributed by atoms with Gasteiger partial charge in [-0.1, -0.05) is 0 Å². The van der Waals surface area contributed by atoms with Crippen LogP contribution in [0.2, 0.25) is 0 Å². The van der Waals surface area contributed by atoms with E-state index in [4.69, 9.17) is 4.74 Å². The van der Waals surface area contributed by atoms with E-state index in [1.165, 1.54) is 24.5 Å². The van der Waals surface area contributed by atoms with E-state index < -0.39 is 23.1 Å². The van der Waals surface area contributed by atoms with Gasteiger partial charge in [-0.2, -0.15) is 0 Å². The average Bonchev–Trinajstić information content (AvgIpc) is 2.71. The molecule has 3 aromatic rings. The van der Waals surface area contributed by atoms with Crippen LogP contribution in [-0.2, 0) is 16.1 Å². The van der Waals surface area contributed by atoms with E-state index in [1.54, 1.807) is 12.1 Å². The summed E-state index contributed by atoms with van der Waals surface area (Å²) >= 11 is 0. The highest BCUT2D eigenvalue weighted by Gasteiger charge is 2.16. The minimum atomic E-state index is -0.561. The van der Waals surface area contributed by atoms with E-state index in [9.17, 15) is 18.4 Å². The molecule has 0 spiro atoms. The molecule has 0 unspecified atom stereocenters. The summed E-state index contributed by atoms with van der Waals surface area (Å²) in [6.45, 7) is 1.94. The van der Waals surface area contributed by atoms with Gasteiger partial charge in [-0.15, -0.1) is 0 Å². The number of hydrogen-bond acceptors (Lipinski definition) is 5. The minimum Gasteiger partial charge on any atom is -0.378 e. The van der Waals surface area contributed by atoms with Crippen molar-refractivity contribution in [3.8, 4) is 0 Å². The number of fused-ring (bicyclic) bond motifs is 1. The molecule has 0 aliphatic carbocycles. The van der Waals surface area contributed by atoms with Crippen LogP contribution in [0.15, 0.2) is 47.5 Å². The molecule has 1 aromatic heterocycles. The van der Waals surface area contributed by atoms with Gasteiger partial charge in [0, 0.05) is 18.8 Å². The van der Waals surface area contributed by atoms with Gasteiger partial charge in [-0.3, -0.25) is 14.2 Å². The number of nitrogens with zero attached hydrogens (tertiary/aromatic N) is 3. The molecule has 1 saturated heterocycles. The number of hydrogen-bond donors (Lipinski definition) is 1. The fourth-order valence-corrected chi connectivity index (χ4v) is 3.24. The van der Waals surface area contributed by atoms with Gasteiger partial charge in [0.25, 0.3) is 5.56 Å². The zero-order valence-electron chi connectivity index (χ0n) is 15.4. The summed E-state index contributed by atoms with van der Waals surface area (Å²) in [4.78, 5) is 30.7. The zero-order valence-corrected chi connectivity index (χ0v) is 15.4. The highest BCUT2D eigenvalue weighted by Crippen LogP contribution is 2.23. The maximum absolute atomic E-state index is 14.5. The Morgan fingerprint density at radius 2 is 1.93 bits per heavy atom. The first kappa shape index (κ1) is 19.0. The topological polar surface area (TPSA) is 76.5 Å². The highest BCUT2D eigenvalue weighted by atomic mass is 19.1. The Kier molecular flexibility index (Phi) is 5.22. The standard InChI is InChI=1S/C20H18F2N4O3/c21-13-1-3-17-15(9-13)20(28)26(12-23-17)11-19(27)24-14-2-4-18(16(22)10-14)25-5-7-29-8-6-25/h1-4,9-10,12H,5-8,11H2,(H,24,27). The van der Waals surface area contributed by atoms with Crippen LogP contribution in [0, 0.1) is 11.6 Å². The Hall–Kier alpha value is -3.33. The van der Waals surface area contributed by atoms with Crippen LogP contribution in [0.4, 0.5) is 20.2 Å². The molecule has 29 heavy (non-hydrogen) atoms. The largest absolute Gasteiger partial charge is 0.378 e. The molecule has 1 aliphatic heterocycles. The van der Waals surface area contributed by atoms with E-state index in [1.807, 2.05) is 4.90 Å². The van der Waals surface area contributed by atoms with Crippen LogP contribution >= 0.6 is 0 Å². The second-order valence-electron chi connectivity index (χ2n) is 6.65. The van der Waals surface area contributed by atoms with Gasteiger partial charge in [-0.05, 0) is 36.4 Å². The fraction of sp³-hybridized carbons (Fsp3) is 0.250. The van der Waals surface area contributed by atoms with E-state index >= 15 is 0 Å². The van der Waals surface area contributed by atoms with Crippen molar-refractivity contribution >= 4 is 28.2 Å². The fourth-order valence-electron chi connectivity index (χ4n) is 3.24. The third-order valence-corrected chi connectivity index (χ3v) is 4.68. The number of carbonyl (C=O) groups is 1. The van der Waals surface area contributed by atoms with Crippen molar-refractivity contribution < 1.29 is 18.3 Å². The zero-order chi connectivity index (χ0) is 20.4. The number of rotatable bonds is 4. The van der Waals surface area contributed by atoms with Gasteiger partial charge in [0.15, 0.2) is 0 Å². The third kappa shape index (κ3) is 4.09. The molecule has 9 heteroatoms. The Balaban J connectivity index is 1.48. The summed E-state index contributed by atoms with van der Waals surface area (Å²) in [5, 5.41) is 2.65. The lowest BCUT2D eigenvalue weighted by Gasteiger charge is -2.29. The molecule has 1 fully saturated rings. The number of morpholine rings is 1. The number of aromatic nitrogens is 2. The van der Waals surface area contributed by atoms with Crippen molar-refractivity contribution in [1.29, 1.82) is 0 Å². The maximum atomic E-state index is 14.5. The number of nitrogens with one attached hydrogen (secondary N) is 1. The second kappa shape index (κ2) is 7.96. The molecule has 1 N–H and O–H groups in total. The second-order valence-corrected chi connectivity index (χ2v) is 6.65. The SMILES string of the molecule is O=C(Cn1cnc2ccc(F)cc2c1=O)Nc1ccc(N2CCOCC2)c(F)c1. The van der Waals surface area contributed by atoms with Crippen molar-refractivity contribution in [3.63, 3.8) is 0 Å². The summed E-state index contributed by atoms with van der Waals surface area (Å²) in [5.74, 6) is -1.54. The lowest BCUT2D eigenvalue weighted by Crippen LogP contribution is -2.36. The van der Waals surface area contributed by atoms with Crippen molar-refractivity contribution in [3.05, 3.63) is 64.7 Å². The first-order chi connectivity index (χ1) is 14.0. The molecule has 1 amide bonds. The molecule has 0 radical (unpaired) electrons. The van der Waals surface area contributed by atoms with Crippen LogP contribution in [0.25, 0.3) is 10.9 Å². The monoisotopic (exact) mass is 400 g/mol. The summed E-state index contributed by atoms with van der Waals surface area (Å²) in [6.07, 6.45) is 1.23. The van der Waals surface area contributed by atoms with Crippen molar-refractivity contribution in [2.24, 2.45) is 0 Å². The van der Waals surface area contributed by atoms with Crippen molar-refractivity contribution in [2.45, 2.75) is 6.54 Å². The minimum absolute atomic E-state index is 0.0845. The van der Waals surface area contributed by atoms with E-state index in [-0.39, 0.29) is 17.6 Å². The number of halogens is 2. The van der Waals surface area contributed by atoms with Gasteiger partial charge in [0.05, 0.1) is 36.1 Å². The highest BCUT2D eigenvalue weighted by molar-refractivity contribution is 5.91. The molecule has 0 atom stereocenters. The quantitative estimate of drug-likeness (QED) is 0.726. The van der Waals surface area contributed by atoms with Crippen LogP contribution in [-0.4, -0.2) is 41.8 Å². The van der Waals surface area contributed by atoms with E-state index in [0.29, 0.717) is 37.5 Å². The lowest BCUT2D eigenvalue weighted by molar-refractivity contribution is -0.116. The Morgan fingerprint density at radius 3 is 2.69 bits per heavy atom. The molecule has 2 heterocycles. The number of ether oxygens (including phenoxy) is 1. The summed E-state index contributed by atoms with van der Waals surface area (Å²) in [6, 6.07) is 8.12. The molecule has 0 saturated carbocycles. The Bertz CT molecular complexity index is 1130. The number of benzene rings is 2. The average molecular weight is 400 g/mol. The predicted molar refractivity (Wildman–Crippen MR) is 104 cm³/mol. The van der Waals surface area contributed by atoms with E-state index in [2.05, 4.69) is 10.3 Å². The molecular formula is C20H18F2N4O3. The van der Waals surface area contributed by atoms with Gasteiger partial charge >= 0.3 is 0 Å². The smallest absolute Gasteiger partial charge is 0.261 e. The number of anilines is 2. The van der Waals surface area contributed by atoms with Crippen LogP contribution in [0.3, 0.4) is 0 Å². The molecule has 0 bridgehead atoms. The normalized spacial score (nSPS) is 14.2.